The van der Waals surface area contributed by atoms with Crippen LogP contribution in [0.4, 0.5) is 17.1 Å². The number of pyridine rings is 1. The van der Waals surface area contributed by atoms with E-state index in [1.54, 1.807) is 18.3 Å². The average molecular weight is 904 g/mol. The van der Waals surface area contributed by atoms with Crippen molar-refractivity contribution in [2.45, 2.75) is 114 Å². The summed E-state index contributed by atoms with van der Waals surface area (Å²) >= 11 is 0. The molecule has 2 atom stereocenters. The third-order valence-electron chi connectivity index (χ3n) is 14.7. The van der Waals surface area contributed by atoms with Gasteiger partial charge in [0.15, 0.2) is 0 Å². The SMILES string of the molecule is Cc1cc2cc(Oc3cc(N4CCC5(CC4)CN([C@@H]4CCC[C@@H]4c4ccccc4C(C)C)C5)ccc3C(=O)NS(=O)(=O)c3ccc(NCC4CCC(C)(O)CC4)c([N+](=O)[O-])c3)cnc2[nH]1. The number of benzene rings is 3. The Bertz CT molecular complexity index is 2690. The lowest BCUT2D eigenvalue weighted by atomic mass is 9.70. The molecule has 1 amide bonds. The van der Waals surface area contributed by atoms with Crippen LogP contribution < -0.4 is 19.7 Å². The molecule has 4 heterocycles. The fourth-order valence-electron chi connectivity index (χ4n) is 11.0. The minimum atomic E-state index is -4.57. The maximum Gasteiger partial charge on any atom is 0.293 e. The van der Waals surface area contributed by atoms with Crippen molar-refractivity contribution < 1.29 is 28.0 Å². The largest absolute Gasteiger partial charge is 0.455 e. The molecular weight excluding hydrogens is 843 g/mol. The van der Waals surface area contributed by atoms with Crippen LogP contribution in [0.2, 0.25) is 0 Å². The highest BCUT2D eigenvalue weighted by molar-refractivity contribution is 7.90. The number of ether oxygens (including phenoxy) is 1. The Morgan fingerprint density at radius 2 is 1.75 bits per heavy atom. The first-order chi connectivity index (χ1) is 31.1. The number of hydrogen-bond donors (Lipinski definition) is 4. The molecule has 3 aromatic carbocycles. The Hall–Kier alpha value is -5.51. The van der Waals surface area contributed by atoms with Crippen molar-refractivity contribution in [1.29, 1.82) is 0 Å². The van der Waals surface area contributed by atoms with Gasteiger partial charge in [0.05, 0.1) is 27.2 Å². The lowest BCUT2D eigenvalue weighted by Crippen LogP contribution is -2.63. The number of aliphatic hydroxyl groups is 1. The van der Waals surface area contributed by atoms with Crippen molar-refractivity contribution in [3.8, 4) is 11.5 Å². The highest BCUT2D eigenvalue weighted by Crippen LogP contribution is 2.49. The number of likely N-dealkylation sites (tertiary alicyclic amines) is 1. The van der Waals surface area contributed by atoms with Gasteiger partial charge in [0.2, 0.25) is 0 Å². The van der Waals surface area contributed by atoms with E-state index in [4.69, 9.17) is 4.74 Å². The first-order valence-electron chi connectivity index (χ1n) is 23.2. The number of carbonyl (C=O) groups is 1. The number of anilines is 2. The number of amides is 1. The Morgan fingerprint density at radius 1 is 1.00 bits per heavy atom. The van der Waals surface area contributed by atoms with E-state index in [0.717, 1.165) is 74.7 Å². The third kappa shape index (κ3) is 9.46. The molecule has 4 fully saturated rings. The molecule has 14 nitrogen and oxygen atoms in total. The molecule has 65 heavy (non-hydrogen) atoms. The van der Waals surface area contributed by atoms with Gasteiger partial charge in [-0.2, -0.15) is 0 Å². The number of nitro groups is 1. The molecule has 4 N–H and O–H groups in total. The number of sulfonamides is 1. The number of nitro benzene ring substituents is 1. The van der Waals surface area contributed by atoms with Crippen molar-refractivity contribution in [2.75, 3.05) is 42.9 Å². The summed E-state index contributed by atoms with van der Waals surface area (Å²) in [6, 6.07) is 22.1. The van der Waals surface area contributed by atoms with Crippen molar-refractivity contribution in [2.24, 2.45) is 11.3 Å². The van der Waals surface area contributed by atoms with Crippen LogP contribution in [0.3, 0.4) is 0 Å². The van der Waals surface area contributed by atoms with Gasteiger partial charge in [-0.05, 0) is 136 Å². The normalized spacial score (nSPS) is 23.4. The van der Waals surface area contributed by atoms with Crippen molar-refractivity contribution in [1.82, 2.24) is 19.6 Å². The summed E-state index contributed by atoms with van der Waals surface area (Å²) in [5.74, 6) is 0.870. The van der Waals surface area contributed by atoms with Gasteiger partial charge in [0, 0.05) is 67.7 Å². The van der Waals surface area contributed by atoms with Gasteiger partial charge in [-0.15, -0.1) is 0 Å². The number of nitrogens with one attached hydrogen (secondary N) is 3. The van der Waals surface area contributed by atoms with Gasteiger partial charge in [-0.25, -0.2) is 18.1 Å². The number of aromatic amines is 1. The average Bonchev–Trinajstić information content (AvgIpc) is 3.91. The lowest BCUT2D eigenvalue weighted by Gasteiger charge is -2.57. The molecule has 0 radical (unpaired) electrons. The molecule has 1 spiro atoms. The number of carbonyl (C=O) groups excluding carboxylic acids is 1. The van der Waals surface area contributed by atoms with Crippen LogP contribution in [-0.4, -0.2) is 83.6 Å². The summed E-state index contributed by atoms with van der Waals surface area (Å²) in [5, 5.41) is 26.4. The van der Waals surface area contributed by atoms with Gasteiger partial charge >= 0.3 is 0 Å². The Morgan fingerprint density at radius 3 is 2.49 bits per heavy atom. The quantitative estimate of drug-likeness (QED) is 0.0652. The second-order valence-corrected chi connectivity index (χ2v) is 21.5. The first-order valence-corrected chi connectivity index (χ1v) is 24.7. The summed E-state index contributed by atoms with van der Waals surface area (Å²) in [6.45, 7) is 12.7. The fraction of sp³-hybridized carbons (Fsp3) is 0.480. The zero-order chi connectivity index (χ0) is 45.7. The molecular formula is C50H61N7O7S. The molecule has 2 saturated carbocycles. The molecule has 0 unspecified atom stereocenters. The van der Waals surface area contributed by atoms with E-state index in [9.17, 15) is 28.4 Å². The number of hydrogen-bond acceptors (Lipinski definition) is 11. The maximum absolute atomic E-state index is 14.0. The van der Waals surface area contributed by atoms with Crippen LogP contribution in [0.1, 0.15) is 118 Å². The second kappa shape index (κ2) is 17.7. The highest BCUT2D eigenvalue weighted by atomic mass is 32.2. The molecule has 2 aromatic heterocycles. The van der Waals surface area contributed by atoms with Gasteiger partial charge in [-0.1, -0.05) is 44.5 Å². The first kappa shape index (κ1) is 44.7. The van der Waals surface area contributed by atoms with E-state index in [2.05, 4.69) is 67.9 Å². The molecule has 5 aromatic rings. The molecule has 4 aliphatic rings. The maximum atomic E-state index is 14.0. The Kier molecular flexibility index (Phi) is 12.2. The second-order valence-electron chi connectivity index (χ2n) is 19.8. The van der Waals surface area contributed by atoms with E-state index in [1.165, 1.54) is 42.5 Å². The van der Waals surface area contributed by atoms with Crippen LogP contribution in [0.15, 0.2) is 83.9 Å². The third-order valence-corrected chi connectivity index (χ3v) is 16.0. The standard InChI is InChI=1S/C50H61N7O7S/c1-32(2)39-8-5-6-9-40(39)41-10-7-11-44(41)56-30-50(31-56)20-22-55(23-21-50)36-12-14-42(46(26-36)64-37-25-35-24-33(3)53-47(35)52-29-37)48(58)54-65(62,63)38-13-15-43(45(27-38)57(60)61)51-28-34-16-18-49(4,59)19-17-34/h5-6,8-9,12-15,24-27,29,32,34,41,44,51,59H,7,10-11,16-23,28,30-31H2,1-4H3,(H,52,53)(H,54,58)/t34?,41-,44-,49?/m1/s1. The summed E-state index contributed by atoms with van der Waals surface area (Å²) in [6.07, 6.45) is 10.2. The number of nitrogens with zero attached hydrogens (tertiary/aromatic N) is 4. The van der Waals surface area contributed by atoms with Gasteiger partial charge in [0.1, 0.15) is 22.8 Å². The molecule has 2 aliphatic carbocycles. The van der Waals surface area contributed by atoms with Crippen LogP contribution in [0, 0.1) is 28.4 Å². The monoisotopic (exact) mass is 903 g/mol. The minimum absolute atomic E-state index is 0.0183. The minimum Gasteiger partial charge on any atom is -0.455 e. The fourth-order valence-corrected chi connectivity index (χ4v) is 12.0. The van der Waals surface area contributed by atoms with E-state index in [0.29, 0.717) is 48.7 Å². The summed E-state index contributed by atoms with van der Waals surface area (Å²) in [7, 11) is -4.57. The van der Waals surface area contributed by atoms with E-state index < -0.39 is 37.0 Å². The molecule has 2 saturated heterocycles. The lowest BCUT2D eigenvalue weighted by molar-refractivity contribution is -0.384. The molecule has 2 aliphatic heterocycles. The highest BCUT2D eigenvalue weighted by Gasteiger charge is 2.49. The van der Waals surface area contributed by atoms with Gasteiger partial charge in [0.25, 0.3) is 21.6 Å². The molecule has 9 rings (SSSR count). The Labute approximate surface area is 381 Å². The van der Waals surface area contributed by atoms with E-state index in [-0.39, 0.29) is 28.3 Å². The molecule has 0 bridgehead atoms. The van der Waals surface area contributed by atoms with Crippen LogP contribution in [-0.2, 0) is 10.0 Å². The van der Waals surface area contributed by atoms with Gasteiger partial charge in [-0.3, -0.25) is 19.8 Å². The molecule has 344 valence electrons. The predicted molar refractivity (Wildman–Crippen MR) is 253 cm³/mol. The Balaban J connectivity index is 0.903. The number of piperidine rings is 1. The number of fused-ring (bicyclic) bond motifs is 1. The molecule has 15 heteroatoms. The summed E-state index contributed by atoms with van der Waals surface area (Å²) in [4.78, 5) is 37.9. The smallest absolute Gasteiger partial charge is 0.293 e. The predicted octanol–water partition coefficient (Wildman–Crippen LogP) is 9.41. The topological polar surface area (TPSA) is 183 Å². The number of rotatable bonds is 13. The van der Waals surface area contributed by atoms with E-state index >= 15 is 0 Å². The van der Waals surface area contributed by atoms with Crippen LogP contribution >= 0.6 is 0 Å². The van der Waals surface area contributed by atoms with Crippen LogP contribution in [0.5, 0.6) is 11.5 Å². The zero-order valence-electron chi connectivity index (χ0n) is 37.8. The van der Waals surface area contributed by atoms with Crippen molar-refractivity contribution >= 4 is 44.0 Å². The van der Waals surface area contributed by atoms with E-state index in [1.807, 2.05) is 32.0 Å². The van der Waals surface area contributed by atoms with Crippen LogP contribution in [0.25, 0.3) is 11.0 Å². The van der Waals surface area contributed by atoms with Crippen molar-refractivity contribution in [3.05, 3.63) is 111 Å². The number of aromatic nitrogens is 2. The van der Waals surface area contributed by atoms with Crippen molar-refractivity contribution in [3.63, 3.8) is 0 Å². The zero-order valence-corrected chi connectivity index (χ0v) is 38.6. The summed E-state index contributed by atoms with van der Waals surface area (Å²) in [5.41, 5.74) is 4.78. The summed E-state index contributed by atoms with van der Waals surface area (Å²) < 4.78 is 36.1. The number of aryl methyl sites for hydroxylation is 1. The number of H-pyrrole nitrogens is 1. The van der Waals surface area contributed by atoms with Gasteiger partial charge < -0.3 is 25.0 Å².